The molecule has 0 atom stereocenters. The molecular weight excluding hydrogens is 192 g/mol. The molecule has 0 spiro atoms. The molecule has 0 unspecified atom stereocenters. The van der Waals surface area contributed by atoms with E-state index in [9.17, 15) is 4.79 Å². The van der Waals surface area contributed by atoms with Crippen LogP contribution in [0, 0.1) is 0 Å². The largest absolute Gasteiger partial charge is 0.493 e. The smallest absolute Gasteiger partial charge is 0.123 e. The van der Waals surface area contributed by atoms with Crippen molar-refractivity contribution in [3.63, 3.8) is 0 Å². The lowest BCUT2D eigenvalue weighted by molar-refractivity contribution is -0.108. The highest BCUT2D eigenvalue weighted by molar-refractivity contribution is 5.49. The van der Waals surface area contributed by atoms with Gasteiger partial charge in [0.25, 0.3) is 0 Å². The first-order valence-electron chi connectivity index (χ1n) is 5.01. The van der Waals surface area contributed by atoms with Crippen LogP contribution >= 0.6 is 0 Å². The highest BCUT2D eigenvalue weighted by atomic mass is 16.5. The van der Waals surface area contributed by atoms with Gasteiger partial charge in [0, 0.05) is 13.5 Å². The van der Waals surface area contributed by atoms with Crippen LogP contribution in [0.4, 0.5) is 0 Å². The van der Waals surface area contributed by atoms with Crippen LogP contribution in [0.5, 0.6) is 5.75 Å². The molecular formula is C12H16O3. The molecule has 0 saturated carbocycles. The lowest BCUT2D eigenvalue weighted by Gasteiger charge is -2.05. The van der Waals surface area contributed by atoms with Gasteiger partial charge in [-0.05, 0) is 24.1 Å². The molecule has 0 heterocycles. The fourth-order valence-corrected chi connectivity index (χ4v) is 1.20. The number of ether oxygens (including phenoxy) is 2. The number of carbonyl (C=O) groups excluding carboxylic acids is 1. The van der Waals surface area contributed by atoms with E-state index in [0.29, 0.717) is 13.0 Å². The van der Waals surface area contributed by atoms with Crippen molar-refractivity contribution in [1.29, 1.82) is 0 Å². The van der Waals surface area contributed by atoms with E-state index in [0.717, 1.165) is 25.1 Å². The van der Waals surface area contributed by atoms with E-state index in [1.807, 2.05) is 24.3 Å². The molecule has 3 nitrogen and oxygen atoms in total. The quantitative estimate of drug-likeness (QED) is 0.506. The summed E-state index contributed by atoms with van der Waals surface area (Å²) in [5.74, 6) is 0.804. The molecule has 3 heteroatoms. The molecule has 0 radical (unpaired) electrons. The van der Waals surface area contributed by atoms with Crippen molar-refractivity contribution in [1.82, 2.24) is 0 Å². The summed E-state index contributed by atoms with van der Waals surface area (Å²) < 4.78 is 10.3. The van der Waals surface area contributed by atoms with Gasteiger partial charge in [0.1, 0.15) is 12.0 Å². The summed E-state index contributed by atoms with van der Waals surface area (Å²) >= 11 is 0. The second kappa shape index (κ2) is 7.01. The van der Waals surface area contributed by atoms with Crippen LogP contribution in [0.3, 0.4) is 0 Å². The Hall–Kier alpha value is -1.35. The standard InChI is InChI=1S/C12H16O3/c1-14-10-7-11-3-5-12(6-4-11)15-9-2-8-13/h3-6,8H,2,7,9-10H2,1H3. The van der Waals surface area contributed by atoms with E-state index in [2.05, 4.69) is 0 Å². The normalized spacial score (nSPS) is 9.93. The summed E-state index contributed by atoms with van der Waals surface area (Å²) in [6.45, 7) is 1.17. The predicted molar refractivity (Wildman–Crippen MR) is 58.2 cm³/mol. The van der Waals surface area contributed by atoms with Crippen LogP contribution in [0.1, 0.15) is 12.0 Å². The Morgan fingerprint density at radius 1 is 1.20 bits per heavy atom. The van der Waals surface area contributed by atoms with Gasteiger partial charge >= 0.3 is 0 Å². The average molecular weight is 208 g/mol. The SMILES string of the molecule is COCCc1ccc(OCCC=O)cc1. The van der Waals surface area contributed by atoms with Crippen molar-refractivity contribution >= 4 is 6.29 Å². The van der Waals surface area contributed by atoms with Gasteiger partial charge in [0.05, 0.1) is 13.2 Å². The second-order valence-corrected chi connectivity index (χ2v) is 3.19. The fourth-order valence-electron chi connectivity index (χ4n) is 1.20. The van der Waals surface area contributed by atoms with Gasteiger partial charge in [0.15, 0.2) is 0 Å². The zero-order chi connectivity index (χ0) is 10.9. The van der Waals surface area contributed by atoms with Gasteiger partial charge in [-0.15, -0.1) is 0 Å². The molecule has 1 aromatic rings. The van der Waals surface area contributed by atoms with Crippen LogP contribution in [-0.2, 0) is 16.0 Å². The van der Waals surface area contributed by atoms with Crippen molar-refractivity contribution < 1.29 is 14.3 Å². The van der Waals surface area contributed by atoms with E-state index in [4.69, 9.17) is 9.47 Å². The molecule has 1 rings (SSSR count). The molecule has 0 aliphatic heterocycles. The zero-order valence-electron chi connectivity index (χ0n) is 8.94. The third-order valence-electron chi connectivity index (χ3n) is 2.02. The third-order valence-corrected chi connectivity index (χ3v) is 2.02. The number of carbonyl (C=O) groups is 1. The summed E-state index contributed by atoms with van der Waals surface area (Å²) in [6.07, 6.45) is 2.20. The Balaban J connectivity index is 2.38. The average Bonchev–Trinajstić information content (AvgIpc) is 2.28. The Bertz CT molecular complexity index is 279. The Morgan fingerprint density at radius 2 is 1.93 bits per heavy atom. The Kier molecular flexibility index (Phi) is 5.48. The van der Waals surface area contributed by atoms with Gasteiger partial charge in [-0.2, -0.15) is 0 Å². The summed E-state index contributed by atoms with van der Waals surface area (Å²) in [5.41, 5.74) is 1.22. The Labute approximate surface area is 90.0 Å². The van der Waals surface area contributed by atoms with E-state index < -0.39 is 0 Å². The highest BCUT2D eigenvalue weighted by Crippen LogP contribution is 2.12. The van der Waals surface area contributed by atoms with Crippen molar-refractivity contribution in [2.75, 3.05) is 20.3 Å². The van der Waals surface area contributed by atoms with E-state index in [1.165, 1.54) is 5.56 Å². The van der Waals surface area contributed by atoms with Gasteiger partial charge in [0.2, 0.25) is 0 Å². The molecule has 0 aromatic heterocycles. The summed E-state index contributed by atoms with van der Waals surface area (Å²) in [6, 6.07) is 7.84. The molecule has 0 aliphatic carbocycles. The van der Waals surface area contributed by atoms with Gasteiger partial charge in [-0.1, -0.05) is 12.1 Å². The maximum Gasteiger partial charge on any atom is 0.123 e. The van der Waals surface area contributed by atoms with E-state index in [-0.39, 0.29) is 0 Å². The first kappa shape index (κ1) is 11.7. The van der Waals surface area contributed by atoms with Gasteiger partial charge < -0.3 is 14.3 Å². The minimum atomic E-state index is 0.436. The molecule has 0 fully saturated rings. The molecule has 0 amide bonds. The van der Waals surface area contributed by atoms with Crippen molar-refractivity contribution in [3.8, 4) is 5.75 Å². The highest BCUT2D eigenvalue weighted by Gasteiger charge is 1.95. The lowest BCUT2D eigenvalue weighted by Crippen LogP contribution is -1.98. The lowest BCUT2D eigenvalue weighted by atomic mass is 10.1. The number of hydrogen-bond acceptors (Lipinski definition) is 3. The Morgan fingerprint density at radius 3 is 2.53 bits per heavy atom. The minimum Gasteiger partial charge on any atom is -0.493 e. The first-order chi connectivity index (χ1) is 7.36. The second-order valence-electron chi connectivity index (χ2n) is 3.19. The molecule has 0 N–H and O–H groups in total. The van der Waals surface area contributed by atoms with Crippen LogP contribution in [0.15, 0.2) is 24.3 Å². The van der Waals surface area contributed by atoms with Crippen LogP contribution < -0.4 is 4.74 Å². The molecule has 0 bridgehead atoms. The maximum atomic E-state index is 10.1. The molecule has 1 aromatic carbocycles. The van der Waals surface area contributed by atoms with Crippen molar-refractivity contribution in [2.24, 2.45) is 0 Å². The summed E-state index contributed by atoms with van der Waals surface area (Å²) in [5, 5.41) is 0. The number of benzene rings is 1. The molecule has 0 aliphatic rings. The number of aldehydes is 1. The van der Waals surface area contributed by atoms with Crippen molar-refractivity contribution in [2.45, 2.75) is 12.8 Å². The monoisotopic (exact) mass is 208 g/mol. The third kappa shape index (κ3) is 4.61. The number of methoxy groups -OCH3 is 1. The molecule has 0 saturated heterocycles. The fraction of sp³-hybridized carbons (Fsp3) is 0.417. The zero-order valence-corrected chi connectivity index (χ0v) is 8.94. The van der Waals surface area contributed by atoms with Gasteiger partial charge in [-0.3, -0.25) is 0 Å². The van der Waals surface area contributed by atoms with Crippen molar-refractivity contribution in [3.05, 3.63) is 29.8 Å². The number of hydrogen-bond donors (Lipinski definition) is 0. The first-order valence-corrected chi connectivity index (χ1v) is 5.01. The minimum absolute atomic E-state index is 0.436. The predicted octanol–water partition coefficient (Wildman–Crippen LogP) is 1.84. The molecule has 82 valence electrons. The van der Waals surface area contributed by atoms with E-state index >= 15 is 0 Å². The molecule has 15 heavy (non-hydrogen) atoms. The van der Waals surface area contributed by atoms with Crippen LogP contribution in [0.2, 0.25) is 0 Å². The van der Waals surface area contributed by atoms with Gasteiger partial charge in [-0.25, -0.2) is 0 Å². The van der Waals surface area contributed by atoms with Crippen LogP contribution in [-0.4, -0.2) is 26.6 Å². The van der Waals surface area contributed by atoms with E-state index in [1.54, 1.807) is 7.11 Å². The summed E-state index contributed by atoms with van der Waals surface area (Å²) in [4.78, 5) is 10.1. The van der Waals surface area contributed by atoms with Crippen LogP contribution in [0.25, 0.3) is 0 Å². The maximum absolute atomic E-state index is 10.1. The summed E-state index contributed by atoms with van der Waals surface area (Å²) in [7, 11) is 1.69. The number of rotatable bonds is 7. The topological polar surface area (TPSA) is 35.5 Å².